The Bertz CT molecular complexity index is 2800. The second-order valence-corrected chi connectivity index (χ2v) is 17.0. The monoisotopic (exact) mass is 898 g/mol. The number of rotatable bonds is 8. The van der Waals surface area contributed by atoms with Gasteiger partial charge in [0.25, 0.3) is 0 Å². The number of alkyl halides is 6. The minimum absolute atomic E-state index is 0.0718. The van der Waals surface area contributed by atoms with Crippen LogP contribution in [-0.2, 0) is 30.2 Å². The van der Waals surface area contributed by atoms with E-state index in [1.54, 1.807) is 42.6 Å². The first-order valence-electron chi connectivity index (χ1n) is 21.8. The first kappa shape index (κ1) is 45.9. The number of piperidine rings is 3. The smallest absolute Gasteiger partial charge is 0.416 e. The van der Waals surface area contributed by atoms with E-state index in [4.69, 9.17) is 9.84 Å². The highest BCUT2D eigenvalue weighted by atomic mass is 19.4. The minimum Gasteiger partial charge on any atom is -0.872 e. The molecule has 4 heterocycles. The van der Waals surface area contributed by atoms with Crippen LogP contribution in [0.1, 0.15) is 46.8 Å². The second kappa shape index (κ2) is 19.4. The van der Waals surface area contributed by atoms with Crippen LogP contribution in [0, 0.1) is 11.8 Å². The van der Waals surface area contributed by atoms with Crippen LogP contribution in [0.3, 0.4) is 0 Å². The first-order valence-corrected chi connectivity index (χ1v) is 21.8. The molecule has 338 valence electrons. The number of pyridine rings is 1. The standard InChI is InChI=1S/C43H37F6N2O.2C6H6O/c1-2-28-24-51(25-38-34-11-5-3-9-30(34)21-31-10-4-6-12-35(31)38)18-16-29(28)22-40(51)41(37-15-17-50-39-14-8-7-13-36(37)39)52-26-27-19-32(42(44,45)46)23-33(20-27)43(47,48)49;2*7-6-4-2-1-3-5-6/h2-15,17,19-21,23,28-29,40-41H,1,16,18,22,24-26H2;2*1-5,7H/q+1;;/p-1/t28-,29-,40-,41+,51?;;/m0../s1. The number of aromatic hydroxyl groups is 1. The molecule has 8 aromatic rings. The van der Waals surface area contributed by atoms with Crippen LogP contribution < -0.4 is 5.11 Å². The fraction of sp³-hybridized carbons (Fsp3) is 0.218. The zero-order chi connectivity index (χ0) is 46.5. The van der Waals surface area contributed by atoms with Crippen LogP contribution in [-0.4, -0.2) is 33.7 Å². The zero-order valence-corrected chi connectivity index (χ0v) is 35.9. The third kappa shape index (κ3) is 10.2. The lowest BCUT2D eigenvalue weighted by Gasteiger charge is -2.58. The predicted molar refractivity (Wildman–Crippen MR) is 245 cm³/mol. The summed E-state index contributed by atoms with van der Waals surface area (Å²) in [5.41, 5.74) is -0.120. The van der Waals surface area contributed by atoms with Crippen LogP contribution >= 0.6 is 0 Å². The quantitative estimate of drug-likeness (QED) is 0.0714. The Balaban J connectivity index is 0.000000361. The topological polar surface area (TPSA) is 65.4 Å². The minimum atomic E-state index is -4.96. The van der Waals surface area contributed by atoms with Crippen LogP contribution in [0.25, 0.3) is 32.4 Å². The molecule has 11 heteroatoms. The van der Waals surface area contributed by atoms with Gasteiger partial charge in [-0.25, -0.2) is 0 Å². The maximum absolute atomic E-state index is 13.9. The van der Waals surface area contributed by atoms with Gasteiger partial charge in [0.1, 0.15) is 24.4 Å². The molecule has 7 aromatic carbocycles. The van der Waals surface area contributed by atoms with Gasteiger partial charge < -0.3 is 19.4 Å². The molecule has 1 N–H and O–H groups in total. The SMILES string of the molecule is C=C[C@H]1C[N+]2(Cc3c4ccccc4cc4ccccc34)CC[C@H]1C[C@H]2[C@H](OCc1cc(C(F)(F)F)cc(C(F)(F)F)c1)c1ccnc2ccccc12.Oc1ccccc1.[O-]c1ccccc1. The molecule has 1 unspecified atom stereocenters. The predicted octanol–water partition coefficient (Wildman–Crippen LogP) is 13.6. The number of para-hydroxylation sites is 3. The maximum atomic E-state index is 13.9. The van der Waals surface area contributed by atoms with Gasteiger partial charge in [0.15, 0.2) is 0 Å². The van der Waals surface area contributed by atoms with Crippen molar-refractivity contribution in [3.63, 3.8) is 0 Å². The number of fused-ring (bicyclic) bond motifs is 6. The molecule has 5 atom stereocenters. The summed E-state index contributed by atoms with van der Waals surface area (Å²) < 4.78 is 90.7. The van der Waals surface area contributed by atoms with Gasteiger partial charge in [-0.2, -0.15) is 26.3 Å². The van der Waals surface area contributed by atoms with Gasteiger partial charge in [-0.1, -0.05) is 121 Å². The van der Waals surface area contributed by atoms with Crippen molar-refractivity contribution in [2.24, 2.45) is 11.8 Å². The lowest BCUT2D eigenvalue weighted by atomic mass is 9.70. The van der Waals surface area contributed by atoms with E-state index in [9.17, 15) is 31.4 Å². The van der Waals surface area contributed by atoms with Crippen molar-refractivity contribution in [3.8, 4) is 11.5 Å². The van der Waals surface area contributed by atoms with Gasteiger partial charge in [-0.05, 0) is 87.1 Å². The summed E-state index contributed by atoms with van der Waals surface area (Å²) in [6.45, 7) is 6.09. The van der Waals surface area contributed by atoms with E-state index in [0.29, 0.717) is 22.7 Å². The summed E-state index contributed by atoms with van der Waals surface area (Å²) in [7, 11) is 0. The Kier molecular flexibility index (Phi) is 13.5. The molecule has 0 spiro atoms. The Hall–Kier alpha value is -6.69. The van der Waals surface area contributed by atoms with E-state index in [1.807, 2.05) is 72.8 Å². The summed E-state index contributed by atoms with van der Waals surface area (Å²) >= 11 is 0. The molecule has 3 aliphatic rings. The summed E-state index contributed by atoms with van der Waals surface area (Å²) in [4.78, 5) is 4.57. The number of aromatic nitrogens is 1. The van der Waals surface area contributed by atoms with E-state index in [0.717, 1.165) is 76.1 Å². The number of nitrogens with zero attached hydrogens (tertiary/aromatic N) is 2. The molecule has 0 radical (unpaired) electrons. The van der Waals surface area contributed by atoms with Crippen LogP contribution in [0.2, 0.25) is 0 Å². The highest BCUT2D eigenvalue weighted by molar-refractivity contribution is 6.02. The Morgan fingerprint density at radius 3 is 1.82 bits per heavy atom. The largest absolute Gasteiger partial charge is 0.872 e. The first-order chi connectivity index (χ1) is 31.7. The Morgan fingerprint density at radius 2 is 1.27 bits per heavy atom. The lowest BCUT2D eigenvalue weighted by Crippen LogP contribution is -2.67. The molecule has 66 heavy (non-hydrogen) atoms. The molecule has 3 aliphatic heterocycles. The van der Waals surface area contributed by atoms with E-state index >= 15 is 0 Å². The number of ether oxygens (including phenoxy) is 1. The molecule has 0 amide bonds. The van der Waals surface area contributed by atoms with Crippen molar-refractivity contribution in [2.45, 2.75) is 50.5 Å². The van der Waals surface area contributed by atoms with E-state index in [2.05, 4.69) is 41.9 Å². The molecule has 11 rings (SSSR count). The molecule has 3 saturated heterocycles. The van der Waals surface area contributed by atoms with Gasteiger partial charge >= 0.3 is 12.4 Å². The molecular formula is C55H48F6N2O3. The van der Waals surface area contributed by atoms with Gasteiger partial charge in [-0.3, -0.25) is 4.98 Å². The normalized spacial score (nSPS) is 19.6. The molecule has 0 aliphatic carbocycles. The fourth-order valence-electron chi connectivity index (χ4n) is 9.87. The van der Waals surface area contributed by atoms with Crippen molar-refractivity contribution in [2.75, 3.05) is 13.1 Å². The average molecular weight is 899 g/mol. The van der Waals surface area contributed by atoms with Crippen LogP contribution in [0.15, 0.2) is 183 Å². The van der Waals surface area contributed by atoms with Crippen molar-refractivity contribution >= 4 is 32.4 Å². The van der Waals surface area contributed by atoms with Crippen molar-refractivity contribution in [1.82, 2.24) is 4.98 Å². The summed E-state index contributed by atoms with van der Waals surface area (Å²) in [5.74, 6) is 0.959. The molecule has 1 aromatic heterocycles. The van der Waals surface area contributed by atoms with E-state index in [1.165, 1.54) is 17.7 Å². The van der Waals surface area contributed by atoms with E-state index in [-0.39, 0.29) is 29.3 Å². The van der Waals surface area contributed by atoms with Gasteiger partial charge in [0.05, 0.1) is 36.3 Å². The molecule has 0 saturated carbocycles. The van der Waals surface area contributed by atoms with Gasteiger partial charge in [-0.15, -0.1) is 12.3 Å². The number of halogens is 6. The molecule has 2 bridgehead atoms. The second-order valence-electron chi connectivity index (χ2n) is 17.0. The number of quaternary nitrogens is 1. The highest BCUT2D eigenvalue weighted by Gasteiger charge is 2.55. The number of phenols is 1. The Morgan fingerprint density at radius 1 is 0.712 bits per heavy atom. The zero-order valence-electron chi connectivity index (χ0n) is 35.9. The molecule has 5 nitrogen and oxygen atoms in total. The van der Waals surface area contributed by atoms with Crippen molar-refractivity contribution < 1.29 is 45.8 Å². The van der Waals surface area contributed by atoms with Crippen LogP contribution in [0.5, 0.6) is 11.5 Å². The lowest BCUT2D eigenvalue weighted by molar-refractivity contribution is -0.984. The van der Waals surface area contributed by atoms with Gasteiger partial charge in [0.2, 0.25) is 0 Å². The maximum Gasteiger partial charge on any atom is 0.416 e. The third-order valence-electron chi connectivity index (χ3n) is 12.9. The average Bonchev–Trinajstić information content (AvgIpc) is 3.32. The summed E-state index contributed by atoms with van der Waals surface area (Å²) in [6, 6.07) is 47.0. The van der Waals surface area contributed by atoms with Crippen molar-refractivity contribution in [1.29, 1.82) is 0 Å². The number of benzene rings is 7. The summed E-state index contributed by atoms with van der Waals surface area (Å²) in [6.07, 6.45) is -5.09. The fourth-order valence-corrected chi connectivity index (χ4v) is 9.87. The van der Waals surface area contributed by atoms with Gasteiger partial charge in [0, 0.05) is 35.9 Å². The number of hydrogen-bond donors (Lipinski definition) is 1. The highest BCUT2D eigenvalue weighted by Crippen LogP contribution is 2.50. The molecule has 3 fully saturated rings. The number of phenolic OH excluding ortho intramolecular Hbond substituents is 1. The molecular weight excluding hydrogens is 851 g/mol. The van der Waals surface area contributed by atoms with E-state index < -0.39 is 36.2 Å². The summed E-state index contributed by atoms with van der Waals surface area (Å²) in [5, 5.41) is 24.3. The van der Waals surface area contributed by atoms with Crippen LogP contribution in [0.4, 0.5) is 26.3 Å². The number of hydrogen-bond acceptors (Lipinski definition) is 4. The Labute approximate surface area is 379 Å². The van der Waals surface area contributed by atoms with Crippen molar-refractivity contribution in [3.05, 3.63) is 210 Å². The third-order valence-corrected chi connectivity index (χ3v) is 12.9.